The zero-order chi connectivity index (χ0) is 16.1. The average molecular weight is 301 g/mol. The number of amidine groups is 1. The Labute approximate surface area is 133 Å². The third kappa shape index (κ3) is 4.24. The lowest BCUT2D eigenvalue weighted by atomic mass is 9.98. The molecule has 1 aromatic carbocycles. The van der Waals surface area contributed by atoms with Gasteiger partial charge in [0.15, 0.2) is 0 Å². The quantitative estimate of drug-likeness (QED) is 0.570. The van der Waals surface area contributed by atoms with Gasteiger partial charge in [-0.25, -0.2) is 4.99 Å². The Morgan fingerprint density at radius 1 is 1.32 bits per heavy atom. The van der Waals surface area contributed by atoms with Crippen LogP contribution in [0.4, 0.5) is 0 Å². The highest BCUT2D eigenvalue weighted by Gasteiger charge is 2.22. The maximum absolute atomic E-state index is 6.40. The highest BCUT2D eigenvalue weighted by Crippen LogP contribution is 2.23. The van der Waals surface area contributed by atoms with Crippen molar-refractivity contribution in [2.75, 3.05) is 20.1 Å². The summed E-state index contributed by atoms with van der Waals surface area (Å²) in [5.74, 6) is 1.31. The number of rotatable bonds is 5. The minimum atomic E-state index is 0.0888. The molecule has 1 fully saturated rings. The summed E-state index contributed by atoms with van der Waals surface area (Å²) in [5, 5.41) is 3.47. The molecule has 5 N–H and O–H groups in total. The minimum absolute atomic E-state index is 0.0888. The van der Waals surface area contributed by atoms with Crippen molar-refractivity contribution in [3.05, 3.63) is 47.4 Å². The van der Waals surface area contributed by atoms with Crippen LogP contribution in [0.1, 0.15) is 31.7 Å². The lowest BCUT2D eigenvalue weighted by molar-refractivity contribution is 0.403. The van der Waals surface area contributed by atoms with Crippen LogP contribution in [0.25, 0.3) is 0 Å². The SMILES string of the molecule is C/C(N)=N/C(NC1CCN(C)C1)=C(\N)C(C)c1ccccc1. The maximum atomic E-state index is 6.40. The second-order valence-electron chi connectivity index (χ2n) is 6.08. The van der Waals surface area contributed by atoms with Crippen molar-refractivity contribution < 1.29 is 0 Å². The van der Waals surface area contributed by atoms with Gasteiger partial charge in [0.1, 0.15) is 5.82 Å². The molecular formula is C17H27N5. The molecule has 5 nitrogen and oxygen atoms in total. The van der Waals surface area contributed by atoms with Crippen molar-refractivity contribution in [1.29, 1.82) is 0 Å². The maximum Gasteiger partial charge on any atom is 0.147 e. The first-order valence-corrected chi connectivity index (χ1v) is 7.77. The number of likely N-dealkylation sites (N-methyl/N-ethyl adjacent to an activating group) is 1. The van der Waals surface area contributed by atoms with Gasteiger partial charge < -0.3 is 21.7 Å². The van der Waals surface area contributed by atoms with Crippen LogP contribution in [0.5, 0.6) is 0 Å². The van der Waals surface area contributed by atoms with Gasteiger partial charge in [0, 0.05) is 18.5 Å². The van der Waals surface area contributed by atoms with Crippen molar-refractivity contribution in [2.45, 2.75) is 32.2 Å². The molecule has 1 aliphatic heterocycles. The van der Waals surface area contributed by atoms with Crippen molar-refractivity contribution >= 4 is 5.84 Å². The third-order valence-electron chi connectivity index (χ3n) is 4.06. The fourth-order valence-corrected chi connectivity index (χ4v) is 2.73. The van der Waals surface area contributed by atoms with Crippen molar-refractivity contribution in [2.24, 2.45) is 16.5 Å². The first-order chi connectivity index (χ1) is 10.5. The summed E-state index contributed by atoms with van der Waals surface area (Å²) in [6.07, 6.45) is 1.09. The molecule has 0 radical (unpaired) electrons. The second-order valence-corrected chi connectivity index (χ2v) is 6.08. The molecule has 22 heavy (non-hydrogen) atoms. The summed E-state index contributed by atoms with van der Waals surface area (Å²) in [6.45, 7) is 5.96. The van der Waals surface area contributed by atoms with Crippen LogP contribution in [0, 0.1) is 0 Å². The molecule has 120 valence electrons. The summed E-state index contributed by atoms with van der Waals surface area (Å²) < 4.78 is 0. The number of benzene rings is 1. The first kappa shape index (κ1) is 16.4. The highest BCUT2D eigenvalue weighted by atomic mass is 15.2. The van der Waals surface area contributed by atoms with Crippen LogP contribution in [0.3, 0.4) is 0 Å². The molecule has 1 aliphatic rings. The largest absolute Gasteiger partial charge is 0.399 e. The normalized spacial score (nSPS) is 22.3. The number of nitrogens with one attached hydrogen (secondary N) is 1. The van der Waals surface area contributed by atoms with Crippen molar-refractivity contribution in [3.8, 4) is 0 Å². The number of allylic oxidation sites excluding steroid dienone is 1. The number of nitrogens with two attached hydrogens (primary N) is 2. The Morgan fingerprint density at radius 3 is 2.55 bits per heavy atom. The van der Waals surface area contributed by atoms with Gasteiger partial charge in [0.2, 0.25) is 0 Å². The molecule has 5 heteroatoms. The number of hydrogen-bond donors (Lipinski definition) is 3. The van der Waals surface area contributed by atoms with E-state index in [1.165, 1.54) is 5.56 Å². The highest BCUT2D eigenvalue weighted by molar-refractivity contribution is 5.78. The van der Waals surface area contributed by atoms with Crippen LogP contribution >= 0.6 is 0 Å². The summed E-state index contributed by atoms with van der Waals surface area (Å²) in [4.78, 5) is 6.73. The van der Waals surface area contributed by atoms with E-state index in [2.05, 4.69) is 41.3 Å². The standard InChI is InChI=1S/C17H27N5/c1-12(14-7-5-4-6-8-14)16(19)17(20-13(2)18)21-15-9-10-22(3)11-15/h4-8,12,15,21H,9-11,19H2,1-3H3,(H2,18,20)/b17-16+. The Hall–Kier alpha value is -2.01. The average Bonchev–Trinajstić information content (AvgIpc) is 2.90. The monoisotopic (exact) mass is 301 g/mol. The van der Waals surface area contributed by atoms with Gasteiger partial charge >= 0.3 is 0 Å². The van der Waals surface area contributed by atoms with E-state index < -0.39 is 0 Å². The lowest BCUT2D eigenvalue weighted by Gasteiger charge is -2.20. The molecule has 0 amide bonds. The van der Waals surface area contributed by atoms with E-state index in [0.29, 0.717) is 17.7 Å². The van der Waals surface area contributed by atoms with Gasteiger partial charge in [0.25, 0.3) is 0 Å². The van der Waals surface area contributed by atoms with E-state index in [0.717, 1.165) is 25.2 Å². The van der Waals surface area contributed by atoms with Gasteiger partial charge in [-0.05, 0) is 32.5 Å². The van der Waals surface area contributed by atoms with Crippen LogP contribution < -0.4 is 16.8 Å². The van der Waals surface area contributed by atoms with E-state index in [4.69, 9.17) is 11.5 Å². The molecule has 1 aromatic rings. The Bertz CT molecular complexity index is 545. The van der Waals surface area contributed by atoms with Gasteiger partial charge in [-0.2, -0.15) is 0 Å². The molecule has 1 heterocycles. The van der Waals surface area contributed by atoms with E-state index in [-0.39, 0.29) is 5.92 Å². The molecule has 0 aliphatic carbocycles. The van der Waals surface area contributed by atoms with Gasteiger partial charge in [-0.15, -0.1) is 0 Å². The number of nitrogens with zero attached hydrogens (tertiary/aromatic N) is 2. The Kier molecular flexibility index (Phi) is 5.44. The van der Waals surface area contributed by atoms with Gasteiger partial charge in [-0.1, -0.05) is 37.3 Å². The van der Waals surface area contributed by atoms with Crippen LogP contribution in [-0.2, 0) is 0 Å². The zero-order valence-electron chi connectivity index (χ0n) is 13.7. The van der Waals surface area contributed by atoms with Crippen LogP contribution in [-0.4, -0.2) is 36.9 Å². The predicted octanol–water partition coefficient (Wildman–Crippen LogP) is 1.59. The minimum Gasteiger partial charge on any atom is -0.399 e. The third-order valence-corrected chi connectivity index (χ3v) is 4.06. The summed E-state index contributed by atoms with van der Waals surface area (Å²) in [7, 11) is 2.12. The lowest BCUT2D eigenvalue weighted by Crippen LogP contribution is -2.33. The van der Waals surface area contributed by atoms with Crippen LogP contribution in [0.15, 0.2) is 46.8 Å². The molecule has 0 saturated carbocycles. The van der Waals surface area contributed by atoms with E-state index in [1.807, 2.05) is 18.2 Å². The summed E-state index contributed by atoms with van der Waals surface area (Å²) in [5.41, 5.74) is 14.1. The van der Waals surface area contributed by atoms with Crippen molar-refractivity contribution in [1.82, 2.24) is 10.2 Å². The fraction of sp³-hybridized carbons (Fsp3) is 0.471. The number of hydrogen-bond acceptors (Lipinski definition) is 4. The topological polar surface area (TPSA) is 79.7 Å². The summed E-state index contributed by atoms with van der Waals surface area (Å²) >= 11 is 0. The fourth-order valence-electron chi connectivity index (χ4n) is 2.73. The molecule has 0 bridgehead atoms. The number of likely N-dealkylation sites (tertiary alicyclic amines) is 1. The Morgan fingerprint density at radius 2 is 2.00 bits per heavy atom. The second kappa shape index (κ2) is 7.31. The van der Waals surface area contributed by atoms with E-state index >= 15 is 0 Å². The van der Waals surface area contributed by atoms with E-state index in [9.17, 15) is 0 Å². The molecule has 0 spiro atoms. The van der Waals surface area contributed by atoms with Crippen LogP contribution in [0.2, 0.25) is 0 Å². The number of aliphatic imine (C=N–C) groups is 1. The molecule has 2 rings (SSSR count). The molecule has 0 aromatic heterocycles. The molecular weight excluding hydrogens is 274 g/mol. The molecule has 1 saturated heterocycles. The van der Waals surface area contributed by atoms with E-state index in [1.54, 1.807) is 6.92 Å². The molecule has 2 atom stereocenters. The zero-order valence-corrected chi connectivity index (χ0v) is 13.7. The Balaban J connectivity index is 2.24. The summed E-state index contributed by atoms with van der Waals surface area (Å²) in [6, 6.07) is 10.6. The molecule has 2 unspecified atom stereocenters. The first-order valence-electron chi connectivity index (χ1n) is 7.77. The van der Waals surface area contributed by atoms with Crippen molar-refractivity contribution in [3.63, 3.8) is 0 Å². The van der Waals surface area contributed by atoms with Gasteiger partial charge in [0.05, 0.1) is 11.5 Å². The smallest absolute Gasteiger partial charge is 0.147 e. The predicted molar refractivity (Wildman–Crippen MR) is 92.4 cm³/mol. The van der Waals surface area contributed by atoms with Gasteiger partial charge in [-0.3, -0.25) is 0 Å².